The molecule has 0 saturated heterocycles. The summed E-state index contributed by atoms with van der Waals surface area (Å²) in [4.78, 5) is 5.52. The molecule has 7 atom stereocenters. The molecule has 1 saturated carbocycles. The zero-order chi connectivity index (χ0) is 33.2. The number of fused-ring (bicyclic) bond motifs is 3. The highest BCUT2D eigenvalue weighted by Gasteiger charge is 2.50. The van der Waals surface area contributed by atoms with Gasteiger partial charge in [-0.2, -0.15) is 0 Å². The lowest BCUT2D eigenvalue weighted by molar-refractivity contribution is 0.334. The van der Waals surface area contributed by atoms with Gasteiger partial charge >= 0.3 is 0 Å². The van der Waals surface area contributed by atoms with Crippen molar-refractivity contribution in [3.63, 3.8) is 0 Å². The fourth-order valence-electron chi connectivity index (χ4n) is 10.7. The van der Waals surface area contributed by atoms with Gasteiger partial charge in [0, 0.05) is 34.9 Å². The summed E-state index contributed by atoms with van der Waals surface area (Å²) in [6, 6.07) is 24.6. The number of rotatable bonds is 9. The second-order valence-corrected chi connectivity index (χ2v) is 16.4. The van der Waals surface area contributed by atoms with Crippen molar-refractivity contribution in [1.82, 2.24) is 0 Å². The molecule has 0 N–H and O–H groups in total. The molecule has 0 aliphatic heterocycles. The van der Waals surface area contributed by atoms with Gasteiger partial charge in [0.1, 0.15) is 0 Å². The molecule has 0 heterocycles. The molecule has 8 rings (SSSR count). The van der Waals surface area contributed by atoms with Crippen molar-refractivity contribution in [1.29, 1.82) is 0 Å². The van der Waals surface area contributed by atoms with Gasteiger partial charge in [-0.15, -0.1) is 0 Å². The zero-order valence-electron chi connectivity index (χ0n) is 30.1. The maximum absolute atomic E-state index is 2.81. The van der Waals surface area contributed by atoms with Crippen LogP contribution >= 0.6 is 0 Å². The van der Waals surface area contributed by atoms with E-state index in [2.05, 4.69) is 139 Å². The van der Waals surface area contributed by atoms with Crippen LogP contribution < -0.4 is 9.80 Å². The second-order valence-electron chi connectivity index (χ2n) is 16.4. The van der Waals surface area contributed by atoms with Gasteiger partial charge in [-0.1, -0.05) is 122 Å². The quantitative estimate of drug-likeness (QED) is 0.249. The smallest absolute Gasteiger partial charge is 0.0514 e. The van der Waals surface area contributed by atoms with Gasteiger partial charge in [0.05, 0.1) is 6.04 Å². The third-order valence-corrected chi connectivity index (χ3v) is 13.2. The third kappa shape index (κ3) is 6.70. The third-order valence-electron chi connectivity index (χ3n) is 13.2. The lowest BCUT2D eigenvalue weighted by atomic mass is 9.74. The van der Waals surface area contributed by atoms with Crippen molar-refractivity contribution in [3.8, 4) is 0 Å². The fourth-order valence-corrected chi connectivity index (χ4v) is 10.7. The van der Waals surface area contributed by atoms with Crippen molar-refractivity contribution in [2.24, 2.45) is 23.2 Å². The standard InChI is InChI=1S/C47H58N2/c1-47(2)45-33-36(24-23-35-25-28-41(29-26-35)48(37-15-7-3-8-16-37)38-17-9-4-10-18-38)27-31-43(45)44-32-30-42(34-46(44)47)49(39-19-11-5-12-20-39)40-21-13-6-14-22-40/h3-9,11-13,15-16,19-20,25-26,28,33-34,36,38,40-44H,10,14,17-18,21-24,27,29-32H2,1-2H3. The maximum atomic E-state index is 2.81. The molecule has 0 amide bonds. The van der Waals surface area contributed by atoms with Gasteiger partial charge in [-0.25, -0.2) is 0 Å². The summed E-state index contributed by atoms with van der Waals surface area (Å²) in [5.74, 6) is 2.21. The Morgan fingerprint density at radius 1 is 0.612 bits per heavy atom. The topological polar surface area (TPSA) is 6.48 Å². The lowest BCUT2D eigenvalue weighted by Gasteiger charge is -2.43. The van der Waals surface area contributed by atoms with Crippen LogP contribution in [0.3, 0.4) is 0 Å². The second kappa shape index (κ2) is 14.4. The van der Waals surface area contributed by atoms with E-state index in [9.17, 15) is 0 Å². The van der Waals surface area contributed by atoms with Gasteiger partial charge in [-0.3, -0.25) is 0 Å². The Hall–Kier alpha value is -3.52. The molecule has 0 bridgehead atoms. The highest BCUT2D eigenvalue weighted by Crippen LogP contribution is 2.60. The number of hydrogen-bond donors (Lipinski definition) is 0. The first-order chi connectivity index (χ1) is 24.1. The molecule has 2 aromatic carbocycles. The van der Waals surface area contributed by atoms with E-state index in [0.717, 1.165) is 24.7 Å². The predicted octanol–water partition coefficient (Wildman–Crippen LogP) is 11.9. The van der Waals surface area contributed by atoms with E-state index in [1.54, 1.807) is 16.7 Å². The van der Waals surface area contributed by atoms with Crippen molar-refractivity contribution in [2.45, 2.75) is 121 Å². The monoisotopic (exact) mass is 650 g/mol. The molecule has 2 aromatic rings. The van der Waals surface area contributed by atoms with Crippen molar-refractivity contribution in [2.75, 3.05) is 9.80 Å². The average molecular weight is 651 g/mol. The van der Waals surface area contributed by atoms with E-state index in [1.165, 1.54) is 82.0 Å². The van der Waals surface area contributed by atoms with Crippen LogP contribution in [0.4, 0.5) is 11.4 Å². The fraction of sp³-hybridized carbons (Fsp3) is 0.489. The Kier molecular flexibility index (Phi) is 9.59. The minimum atomic E-state index is 0.175. The van der Waals surface area contributed by atoms with Gasteiger partial charge in [-0.05, 0) is 125 Å². The molecule has 6 aliphatic carbocycles. The molecule has 7 unspecified atom stereocenters. The summed E-state index contributed by atoms with van der Waals surface area (Å²) >= 11 is 0. The summed E-state index contributed by atoms with van der Waals surface area (Å²) in [7, 11) is 0. The van der Waals surface area contributed by atoms with Crippen LogP contribution in [0.25, 0.3) is 0 Å². The van der Waals surface area contributed by atoms with E-state index in [4.69, 9.17) is 0 Å². The lowest BCUT2D eigenvalue weighted by Crippen LogP contribution is -2.45. The molecule has 1 fully saturated rings. The van der Waals surface area contributed by atoms with Crippen LogP contribution in [-0.2, 0) is 0 Å². The molecular weight excluding hydrogens is 593 g/mol. The highest BCUT2D eigenvalue weighted by molar-refractivity contribution is 5.53. The van der Waals surface area contributed by atoms with Crippen LogP contribution in [0.15, 0.2) is 132 Å². The summed E-state index contributed by atoms with van der Waals surface area (Å²) in [6.45, 7) is 5.12. The zero-order valence-corrected chi connectivity index (χ0v) is 30.1. The Labute approximate surface area is 297 Å². The van der Waals surface area contributed by atoms with Gasteiger partial charge < -0.3 is 9.80 Å². The summed E-state index contributed by atoms with van der Waals surface area (Å²) < 4.78 is 0. The summed E-state index contributed by atoms with van der Waals surface area (Å²) in [6.07, 6.45) is 38.9. The summed E-state index contributed by atoms with van der Waals surface area (Å²) in [5.41, 5.74) is 8.05. The molecule has 6 aliphatic rings. The number of benzene rings is 2. The van der Waals surface area contributed by atoms with E-state index < -0.39 is 0 Å². The average Bonchev–Trinajstić information content (AvgIpc) is 3.38. The first-order valence-electron chi connectivity index (χ1n) is 19.8. The van der Waals surface area contributed by atoms with E-state index >= 15 is 0 Å². The number of anilines is 2. The molecule has 256 valence electrons. The van der Waals surface area contributed by atoms with Crippen LogP contribution in [-0.4, -0.2) is 24.2 Å². The molecule has 0 radical (unpaired) electrons. The van der Waals surface area contributed by atoms with Gasteiger partial charge in [0.2, 0.25) is 0 Å². The highest BCUT2D eigenvalue weighted by atomic mass is 15.2. The summed E-state index contributed by atoms with van der Waals surface area (Å²) in [5, 5.41) is 0. The van der Waals surface area contributed by atoms with Crippen molar-refractivity contribution >= 4 is 11.4 Å². The van der Waals surface area contributed by atoms with Crippen LogP contribution in [0, 0.1) is 23.2 Å². The first kappa shape index (κ1) is 32.7. The Morgan fingerprint density at radius 3 is 1.78 bits per heavy atom. The SMILES string of the molecule is CC1(C)C2=CC(CCC3=CCC(N(c4ccccc4)C4CC=CCC4)C=C3)CCC2C2CCC(N(c3ccccc3)C3CC=CCC3)C=C21. The minimum absolute atomic E-state index is 0.175. The van der Waals surface area contributed by atoms with E-state index in [1.807, 2.05) is 0 Å². The number of para-hydroxylation sites is 2. The predicted molar refractivity (Wildman–Crippen MR) is 209 cm³/mol. The van der Waals surface area contributed by atoms with Crippen LogP contribution in [0.5, 0.6) is 0 Å². The largest absolute Gasteiger partial charge is 0.362 e. The Morgan fingerprint density at radius 2 is 1.20 bits per heavy atom. The number of allylic oxidation sites excluding steroid dienone is 7. The van der Waals surface area contributed by atoms with Crippen LogP contribution in [0.1, 0.15) is 97.3 Å². The Bertz CT molecular complexity index is 1620. The van der Waals surface area contributed by atoms with Gasteiger partial charge in [0.15, 0.2) is 0 Å². The minimum Gasteiger partial charge on any atom is -0.362 e. The molecular formula is C47H58N2. The van der Waals surface area contributed by atoms with E-state index in [-0.39, 0.29) is 5.41 Å². The molecule has 2 heteroatoms. The van der Waals surface area contributed by atoms with Crippen molar-refractivity contribution in [3.05, 3.63) is 132 Å². The normalized spacial score (nSPS) is 31.6. The molecule has 0 aromatic heterocycles. The first-order valence-corrected chi connectivity index (χ1v) is 19.8. The number of hydrogen-bond acceptors (Lipinski definition) is 2. The molecule has 0 spiro atoms. The van der Waals surface area contributed by atoms with Crippen LogP contribution in [0.2, 0.25) is 0 Å². The van der Waals surface area contributed by atoms with Crippen molar-refractivity contribution < 1.29 is 0 Å². The molecule has 49 heavy (non-hydrogen) atoms. The number of nitrogens with zero attached hydrogens (tertiary/aromatic N) is 2. The van der Waals surface area contributed by atoms with Gasteiger partial charge in [0.25, 0.3) is 0 Å². The molecule has 2 nitrogen and oxygen atoms in total. The maximum Gasteiger partial charge on any atom is 0.0514 e. The van der Waals surface area contributed by atoms with E-state index in [0.29, 0.717) is 30.1 Å². The Balaban J connectivity index is 0.948.